The van der Waals surface area contributed by atoms with E-state index in [9.17, 15) is 0 Å². The number of halogens is 1. The SMILES string of the molecule is O=C([O-])[O-].O=P([O-])([O-])[O-].[Ca+2].[Ca+2].[Ca+2].[F-]. The van der Waals surface area contributed by atoms with Gasteiger partial charge in [0.15, 0.2) is 0 Å². The fourth-order valence-corrected chi connectivity index (χ4v) is 0. The van der Waals surface area contributed by atoms with Crippen LogP contribution in [0.2, 0.25) is 0 Å². The van der Waals surface area contributed by atoms with Crippen LogP contribution in [0, 0.1) is 0 Å². The molecule has 13 heavy (non-hydrogen) atoms. The Morgan fingerprint density at radius 3 is 0.923 bits per heavy atom. The minimum Gasteiger partial charge on any atom is -1.00 e. The molecule has 0 amide bonds. The van der Waals surface area contributed by atoms with E-state index in [2.05, 4.69) is 0 Å². The van der Waals surface area contributed by atoms with Gasteiger partial charge in [-0.3, -0.25) is 0 Å². The molecule has 0 aliphatic rings. The monoisotopic (exact) mass is 294 g/mol. The van der Waals surface area contributed by atoms with Crippen molar-refractivity contribution in [2.45, 2.75) is 0 Å². The van der Waals surface area contributed by atoms with Gasteiger partial charge in [-0.25, -0.2) is 0 Å². The van der Waals surface area contributed by atoms with E-state index in [0.29, 0.717) is 0 Å². The van der Waals surface area contributed by atoms with Crippen molar-refractivity contribution in [3.8, 4) is 0 Å². The molecule has 64 valence electrons. The van der Waals surface area contributed by atoms with Crippen LogP contribution >= 0.6 is 7.82 Å². The summed E-state index contributed by atoms with van der Waals surface area (Å²) in [5, 5.41) is 16.7. The van der Waals surface area contributed by atoms with Crippen LogP contribution in [0.1, 0.15) is 0 Å². The molecule has 0 spiro atoms. The van der Waals surface area contributed by atoms with Crippen molar-refractivity contribution in [2.75, 3.05) is 0 Å². The third-order valence-electron chi connectivity index (χ3n) is 0. The molecule has 0 aliphatic carbocycles. The van der Waals surface area contributed by atoms with E-state index < -0.39 is 14.0 Å². The summed E-state index contributed by atoms with van der Waals surface area (Å²) in [6.45, 7) is 0. The quantitative estimate of drug-likeness (QED) is 0.318. The van der Waals surface area contributed by atoms with Gasteiger partial charge in [-0.1, -0.05) is 0 Å². The largest absolute Gasteiger partial charge is 2.00 e. The van der Waals surface area contributed by atoms with Crippen LogP contribution in [0.25, 0.3) is 0 Å². The molecule has 0 aliphatic heterocycles. The van der Waals surface area contributed by atoms with Crippen molar-refractivity contribution in [1.82, 2.24) is 0 Å². The molecule has 0 aromatic heterocycles. The molecule has 0 rings (SSSR count). The van der Waals surface area contributed by atoms with Crippen LogP contribution in [0.4, 0.5) is 4.79 Å². The third-order valence-corrected chi connectivity index (χ3v) is 0. The van der Waals surface area contributed by atoms with Gasteiger partial charge < -0.3 is 39.0 Å². The van der Waals surface area contributed by atoms with Crippen LogP contribution in [-0.2, 0) is 4.57 Å². The van der Waals surface area contributed by atoms with Crippen LogP contribution in [0.3, 0.4) is 0 Å². The molecular formula is CCa3FO7P. The standard InChI is InChI=1S/CH2O3.3Ca.FH.H3O4P/c2-1(3)4;;;;;1-5(2,3)4/h(H2,2,3,4);;;;1H;(H3,1,2,3,4)/q;3*+2;;/p-6. The summed E-state index contributed by atoms with van der Waals surface area (Å²) in [5.41, 5.74) is 0. The topological polar surface area (TPSA) is 149 Å². The molecule has 0 radical (unpaired) electrons. The Morgan fingerprint density at radius 1 is 0.923 bits per heavy atom. The van der Waals surface area contributed by atoms with Crippen molar-refractivity contribution in [3.63, 3.8) is 0 Å². The van der Waals surface area contributed by atoms with E-state index in [4.69, 9.17) is 34.3 Å². The number of hydrogen-bond donors (Lipinski definition) is 0. The minimum absolute atomic E-state index is 0. The molecule has 0 saturated heterocycles. The normalized spacial score (nSPS) is 6.38. The second kappa shape index (κ2) is 20.5. The van der Waals surface area contributed by atoms with Crippen LogP contribution in [0.5, 0.6) is 0 Å². The molecule has 0 aromatic carbocycles. The van der Waals surface area contributed by atoms with E-state index in [0.717, 1.165) is 0 Å². The minimum atomic E-state index is -5.39. The van der Waals surface area contributed by atoms with Gasteiger partial charge in [-0.05, 0) is 6.16 Å². The number of carboxylic acid groups (broad SMARTS) is 2. The Hall–Kier alpha value is 3.09. The van der Waals surface area contributed by atoms with Crippen molar-refractivity contribution < 1.29 is 39.0 Å². The molecule has 0 saturated carbocycles. The van der Waals surface area contributed by atoms with Gasteiger partial charge in [0.05, 0.1) is 0 Å². The fourth-order valence-electron chi connectivity index (χ4n) is 0. The number of carbonyl (C=O) groups excluding carboxylic acids is 1. The average molecular weight is 294 g/mol. The zero-order chi connectivity index (χ0) is 8.08. The first kappa shape index (κ1) is 36.0. The number of hydrogen-bond acceptors (Lipinski definition) is 7. The summed E-state index contributed by atoms with van der Waals surface area (Å²) >= 11 is 0. The van der Waals surface area contributed by atoms with Crippen LogP contribution in [-0.4, -0.2) is 119 Å². The van der Waals surface area contributed by atoms with E-state index in [1.807, 2.05) is 0 Å². The van der Waals surface area contributed by atoms with Gasteiger partial charge in [0, 0.05) is 0 Å². The molecule has 7 nitrogen and oxygen atoms in total. The van der Waals surface area contributed by atoms with Gasteiger partial charge in [0.25, 0.3) is 0 Å². The molecule has 0 unspecified atom stereocenters. The summed E-state index contributed by atoms with van der Waals surface area (Å²) in [6.07, 6.45) is -2.33. The summed E-state index contributed by atoms with van der Waals surface area (Å²) in [7, 11) is -5.39. The summed E-state index contributed by atoms with van der Waals surface area (Å²) in [6, 6.07) is 0. The second-order valence-corrected chi connectivity index (χ2v) is 1.59. The zero-order valence-corrected chi connectivity index (χ0v) is 13.8. The van der Waals surface area contributed by atoms with Crippen molar-refractivity contribution in [1.29, 1.82) is 0 Å². The number of rotatable bonds is 0. The average Bonchev–Trinajstić information content (AvgIpc) is 1.19. The molecule has 0 heterocycles. The molecule has 0 aromatic rings. The third kappa shape index (κ3) is 271. The van der Waals surface area contributed by atoms with Crippen molar-refractivity contribution in [3.05, 3.63) is 0 Å². The van der Waals surface area contributed by atoms with E-state index >= 15 is 0 Å². The Kier molecular flexibility index (Phi) is 56.7. The van der Waals surface area contributed by atoms with E-state index in [1.165, 1.54) is 0 Å². The van der Waals surface area contributed by atoms with Crippen molar-refractivity contribution >= 4 is 127 Å². The van der Waals surface area contributed by atoms with Crippen molar-refractivity contribution in [2.24, 2.45) is 0 Å². The van der Waals surface area contributed by atoms with Gasteiger partial charge in [-0.2, -0.15) is 7.82 Å². The maximum Gasteiger partial charge on any atom is 2.00 e. The number of phosphoric acid groups is 1. The smallest absolute Gasteiger partial charge is 1.00 e. The predicted molar refractivity (Wildman–Crippen MR) is 30.3 cm³/mol. The Balaban J connectivity index is -0.0000000146. The van der Waals surface area contributed by atoms with Gasteiger partial charge in [0.2, 0.25) is 0 Å². The molecule has 0 bridgehead atoms. The fraction of sp³-hybridized carbons (Fsp3) is 0. The van der Waals surface area contributed by atoms with Crippen LogP contribution in [0.15, 0.2) is 0 Å². The molecule has 0 fully saturated rings. The first-order valence-corrected chi connectivity index (χ1v) is 2.80. The first-order valence-electron chi connectivity index (χ1n) is 1.34. The summed E-state index contributed by atoms with van der Waals surface area (Å²) < 4.78 is 8.55. The predicted octanol–water partition coefficient (Wildman–Crippen LogP) is -9.41. The Bertz CT molecular complexity index is 123. The van der Waals surface area contributed by atoms with E-state index in [1.54, 1.807) is 0 Å². The zero-order valence-electron chi connectivity index (χ0n) is 6.30. The van der Waals surface area contributed by atoms with Crippen LogP contribution < -0.4 is 29.6 Å². The van der Waals surface area contributed by atoms with Gasteiger partial charge in [0.1, 0.15) is 0 Å². The maximum atomic E-state index is 8.55. The summed E-state index contributed by atoms with van der Waals surface area (Å²) in [5.74, 6) is 0. The van der Waals surface area contributed by atoms with Gasteiger partial charge in [-0.15, -0.1) is 0 Å². The summed E-state index contributed by atoms with van der Waals surface area (Å²) in [4.78, 5) is 34.0. The molecule has 12 heteroatoms. The van der Waals surface area contributed by atoms with Gasteiger partial charge >= 0.3 is 113 Å². The Labute approximate surface area is 163 Å². The molecule has 0 atom stereocenters. The second-order valence-electron chi connectivity index (χ2n) is 0.697. The first-order chi connectivity index (χ1) is 3.73. The molecule has 0 N–H and O–H groups in total. The van der Waals surface area contributed by atoms with E-state index in [-0.39, 0.29) is 118 Å². The molecular weight excluding hydrogens is 294 g/mol. The maximum absolute atomic E-state index is 8.55. The number of carbonyl (C=O) groups is 1. The Morgan fingerprint density at radius 2 is 0.923 bits per heavy atom.